The van der Waals surface area contributed by atoms with Crippen molar-refractivity contribution in [3.63, 3.8) is 0 Å². The second-order valence-electron chi connectivity index (χ2n) is 3.58. The van der Waals surface area contributed by atoms with Crippen LogP contribution in [-0.4, -0.2) is 12.5 Å². The molecule has 4 heteroatoms. The van der Waals surface area contributed by atoms with E-state index >= 15 is 0 Å². The summed E-state index contributed by atoms with van der Waals surface area (Å²) < 4.78 is 5.65. The van der Waals surface area contributed by atoms with Gasteiger partial charge in [-0.2, -0.15) is 0 Å². The number of thioether (sulfide) groups is 1. The number of carbonyl (C=O) groups is 1. The summed E-state index contributed by atoms with van der Waals surface area (Å²) in [6.07, 6.45) is 2.74. The zero-order valence-electron chi connectivity index (χ0n) is 9.72. The molecule has 0 saturated carbocycles. The minimum atomic E-state index is 0.392. The largest absolute Gasteiger partial charge is 0.457 e. The van der Waals surface area contributed by atoms with Gasteiger partial charge >= 0.3 is 0 Å². The van der Waals surface area contributed by atoms with Crippen LogP contribution in [0.1, 0.15) is 10.4 Å². The van der Waals surface area contributed by atoms with E-state index < -0.39 is 0 Å². The Morgan fingerprint density at radius 3 is 2.33 bits per heavy atom. The normalized spacial score (nSPS) is 10.1. The van der Waals surface area contributed by atoms with E-state index in [1.807, 2.05) is 30.5 Å². The van der Waals surface area contributed by atoms with Crippen LogP contribution in [0, 0.1) is 0 Å². The Morgan fingerprint density at radius 1 is 1.11 bits per heavy atom. The van der Waals surface area contributed by atoms with Crippen LogP contribution in [0.5, 0.6) is 11.5 Å². The Bertz CT molecular complexity index is 552. The van der Waals surface area contributed by atoms with E-state index in [-0.39, 0.29) is 0 Å². The quantitative estimate of drug-likeness (QED) is 0.601. The van der Waals surface area contributed by atoms with Gasteiger partial charge in [0.1, 0.15) is 11.5 Å². The fraction of sp³-hybridized carbons (Fsp3) is 0.0714. The van der Waals surface area contributed by atoms with Crippen molar-refractivity contribution < 1.29 is 9.53 Å². The molecule has 0 aromatic heterocycles. The van der Waals surface area contributed by atoms with E-state index in [4.69, 9.17) is 16.3 Å². The average molecular weight is 279 g/mol. The highest BCUT2D eigenvalue weighted by molar-refractivity contribution is 7.98. The summed E-state index contributed by atoms with van der Waals surface area (Å²) in [6.45, 7) is 0. The van der Waals surface area contributed by atoms with Crippen LogP contribution in [0.25, 0.3) is 0 Å². The van der Waals surface area contributed by atoms with Crippen LogP contribution in [0.3, 0.4) is 0 Å². The van der Waals surface area contributed by atoms with Gasteiger partial charge in [0.05, 0.1) is 5.02 Å². The molecule has 92 valence electrons. The van der Waals surface area contributed by atoms with E-state index in [9.17, 15) is 4.79 Å². The van der Waals surface area contributed by atoms with Gasteiger partial charge in [-0.1, -0.05) is 11.6 Å². The number of rotatable bonds is 4. The Balaban J connectivity index is 2.17. The molecule has 0 atom stereocenters. The molecule has 0 amide bonds. The fourth-order valence-electron chi connectivity index (χ4n) is 1.45. The Kier molecular flexibility index (Phi) is 4.28. The second kappa shape index (κ2) is 5.94. The number of ether oxygens (including phenoxy) is 1. The van der Waals surface area contributed by atoms with Crippen molar-refractivity contribution in [1.29, 1.82) is 0 Å². The summed E-state index contributed by atoms with van der Waals surface area (Å²) >= 11 is 7.60. The van der Waals surface area contributed by atoms with Crippen molar-refractivity contribution in [3.05, 3.63) is 53.1 Å². The molecule has 0 aliphatic carbocycles. The molecule has 0 aliphatic heterocycles. The number of aldehydes is 1. The number of halogens is 1. The average Bonchev–Trinajstić information content (AvgIpc) is 2.40. The van der Waals surface area contributed by atoms with E-state index in [2.05, 4.69) is 0 Å². The smallest absolute Gasteiger partial charge is 0.151 e. The van der Waals surface area contributed by atoms with Gasteiger partial charge in [0, 0.05) is 16.5 Å². The first kappa shape index (κ1) is 13.0. The molecule has 0 saturated heterocycles. The predicted molar refractivity (Wildman–Crippen MR) is 75.1 cm³/mol. The maximum absolute atomic E-state index is 10.6. The summed E-state index contributed by atoms with van der Waals surface area (Å²) in [5.74, 6) is 1.35. The standard InChI is InChI=1S/C14H11ClO2S/c1-18-13-6-4-11(5-7-13)17-12-3-2-10(9-16)14(15)8-12/h2-9H,1H3. The first-order chi connectivity index (χ1) is 8.72. The molecule has 0 bridgehead atoms. The fourth-order valence-corrected chi connectivity index (χ4v) is 2.07. The van der Waals surface area contributed by atoms with Crippen LogP contribution in [0.4, 0.5) is 0 Å². The SMILES string of the molecule is CSc1ccc(Oc2ccc(C=O)c(Cl)c2)cc1. The molecule has 0 N–H and O–H groups in total. The highest BCUT2D eigenvalue weighted by atomic mass is 35.5. The van der Waals surface area contributed by atoms with Crippen LogP contribution in [-0.2, 0) is 0 Å². The molecule has 0 fully saturated rings. The molecule has 2 nitrogen and oxygen atoms in total. The summed E-state index contributed by atoms with van der Waals surface area (Å²) in [5.41, 5.74) is 0.460. The van der Waals surface area contributed by atoms with E-state index in [0.29, 0.717) is 16.3 Å². The molecule has 0 aliphatic rings. The van der Waals surface area contributed by atoms with E-state index in [0.717, 1.165) is 12.0 Å². The second-order valence-corrected chi connectivity index (χ2v) is 4.87. The lowest BCUT2D eigenvalue weighted by Gasteiger charge is -2.07. The van der Waals surface area contributed by atoms with E-state index in [1.165, 1.54) is 4.90 Å². The molecule has 18 heavy (non-hydrogen) atoms. The molecule has 2 rings (SSSR count). The van der Waals surface area contributed by atoms with Crippen molar-refractivity contribution in [1.82, 2.24) is 0 Å². The Labute approximate surface area is 115 Å². The monoisotopic (exact) mass is 278 g/mol. The summed E-state index contributed by atoms with van der Waals surface area (Å²) in [4.78, 5) is 11.8. The van der Waals surface area contributed by atoms with Gasteiger partial charge < -0.3 is 4.74 Å². The predicted octanol–water partition coefficient (Wildman–Crippen LogP) is 4.67. The lowest BCUT2D eigenvalue weighted by atomic mass is 10.2. The van der Waals surface area contributed by atoms with Crippen LogP contribution in [0.2, 0.25) is 5.02 Å². The van der Waals surface area contributed by atoms with Gasteiger partial charge in [-0.3, -0.25) is 4.79 Å². The highest BCUT2D eigenvalue weighted by Gasteiger charge is 2.03. The Hall–Kier alpha value is -1.45. The van der Waals surface area contributed by atoms with Gasteiger partial charge in [-0.05, 0) is 42.7 Å². The van der Waals surface area contributed by atoms with Crippen LogP contribution >= 0.6 is 23.4 Å². The lowest BCUT2D eigenvalue weighted by molar-refractivity contribution is 0.112. The van der Waals surface area contributed by atoms with Crippen LogP contribution in [0.15, 0.2) is 47.4 Å². The maximum Gasteiger partial charge on any atom is 0.151 e. The van der Waals surface area contributed by atoms with Crippen LogP contribution < -0.4 is 4.74 Å². The third-order valence-electron chi connectivity index (χ3n) is 2.39. The van der Waals surface area contributed by atoms with E-state index in [1.54, 1.807) is 30.0 Å². The summed E-state index contributed by atoms with van der Waals surface area (Å²) in [7, 11) is 0. The van der Waals surface area contributed by atoms with Crippen molar-refractivity contribution >= 4 is 29.6 Å². The Morgan fingerprint density at radius 2 is 1.78 bits per heavy atom. The van der Waals surface area contributed by atoms with Gasteiger partial charge in [0.15, 0.2) is 6.29 Å². The molecule has 2 aromatic carbocycles. The van der Waals surface area contributed by atoms with Gasteiger partial charge in [0.25, 0.3) is 0 Å². The zero-order chi connectivity index (χ0) is 13.0. The molecule has 0 spiro atoms. The number of hydrogen-bond acceptors (Lipinski definition) is 3. The van der Waals surface area contributed by atoms with Gasteiger partial charge in [-0.25, -0.2) is 0 Å². The highest BCUT2D eigenvalue weighted by Crippen LogP contribution is 2.27. The molecular weight excluding hydrogens is 268 g/mol. The number of hydrogen-bond donors (Lipinski definition) is 0. The minimum Gasteiger partial charge on any atom is -0.457 e. The van der Waals surface area contributed by atoms with Crippen molar-refractivity contribution in [2.24, 2.45) is 0 Å². The molecule has 0 radical (unpaired) electrons. The summed E-state index contributed by atoms with van der Waals surface area (Å²) in [6, 6.07) is 12.8. The third kappa shape index (κ3) is 3.06. The van der Waals surface area contributed by atoms with Crippen molar-refractivity contribution in [3.8, 4) is 11.5 Å². The third-order valence-corrected chi connectivity index (χ3v) is 3.46. The maximum atomic E-state index is 10.6. The number of benzene rings is 2. The first-order valence-electron chi connectivity index (χ1n) is 5.29. The van der Waals surface area contributed by atoms with Crippen molar-refractivity contribution in [2.75, 3.05) is 6.26 Å². The van der Waals surface area contributed by atoms with Gasteiger partial charge in [0.2, 0.25) is 0 Å². The lowest BCUT2D eigenvalue weighted by Crippen LogP contribution is -1.87. The zero-order valence-corrected chi connectivity index (χ0v) is 11.3. The molecular formula is C14H11ClO2S. The first-order valence-corrected chi connectivity index (χ1v) is 6.90. The van der Waals surface area contributed by atoms with Crippen molar-refractivity contribution in [2.45, 2.75) is 4.90 Å². The molecule has 0 heterocycles. The molecule has 2 aromatic rings. The number of carbonyl (C=O) groups excluding carboxylic acids is 1. The summed E-state index contributed by atoms with van der Waals surface area (Å²) in [5, 5.41) is 0.392. The van der Waals surface area contributed by atoms with Gasteiger partial charge in [-0.15, -0.1) is 11.8 Å². The molecule has 0 unspecified atom stereocenters. The minimum absolute atomic E-state index is 0.392. The topological polar surface area (TPSA) is 26.3 Å².